The summed E-state index contributed by atoms with van der Waals surface area (Å²) < 4.78 is 0. The minimum Gasteiger partial charge on any atom is -0.322 e. The number of hydrogen-bond acceptors (Lipinski definition) is 3. The van der Waals surface area contributed by atoms with Gasteiger partial charge in [0, 0.05) is 22.9 Å². The summed E-state index contributed by atoms with van der Waals surface area (Å²) in [6.45, 7) is 3.46. The van der Waals surface area contributed by atoms with Crippen molar-refractivity contribution < 1.29 is 9.72 Å². The molecule has 1 N–H and O–H groups in total. The van der Waals surface area contributed by atoms with Gasteiger partial charge >= 0.3 is 0 Å². The first-order valence-corrected chi connectivity index (χ1v) is 6.11. The van der Waals surface area contributed by atoms with Gasteiger partial charge in [0.05, 0.1) is 4.92 Å². The summed E-state index contributed by atoms with van der Waals surface area (Å²) in [6, 6.07) is 11.9. The highest BCUT2D eigenvalue weighted by molar-refractivity contribution is 6.06. The molecule has 0 heterocycles. The molecule has 0 fully saturated rings. The van der Waals surface area contributed by atoms with Gasteiger partial charge in [-0.1, -0.05) is 24.3 Å². The van der Waals surface area contributed by atoms with E-state index < -0.39 is 4.92 Å². The number of carbonyl (C=O) groups is 1. The molecule has 1 amide bonds. The van der Waals surface area contributed by atoms with E-state index >= 15 is 0 Å². The van der Waals surface area contributed by atoms with Gasteiger partial charge in [0.2, 0.25) is 0 Å². The van der Waals surface area contributed by atoms with Gasteiger partial charge in [0.15, 0.2) is 0 Å². The van der Waals surface area contributed by atoms with E-state index in [0.29, 0.717) is 16.8 Å². The number of anilines is 1. The molecular weight excluding hydrogens is 256 g/mol. The van der Waals surface area contributed by atoms with E-state index in [2.05, 4.69) is 5.32 Å². The van der Waals surface area contributed by atoms with Crippen molar-refractivity contribution >= 4 is 17.3 Å². The van der Waals surface area contributed by atoms with E-state index in [1.54, 1.807) is 19.1 Å². The summed E-state index contributed by atoms with van der Waals surface area (Å²) in [5.74, 6) is -0.347. The van der Waals surface area contributed by atoms with Gasteiger partial charge in [0.25, 0.3) is 11.6 Å². The van der Waals surface area contributed by atoms with Crippen LogP contribution in [-0.2, 0) is 0 Å². The molecule has 0 aliphatic rings. The molecule has 5 nitrogen and oxygen atoms in total. The predicted molar refractivity (Wildman–Crippen MR) is 77.0 cm³/mol. The van der Waals surface area contributed by atoms with E-state index in [4.69, 9.17) is 0 Å². The fraction of sp³-hybridized carbons (Fsp3) is 0.133. The van der Waals surface area contributed by atoms with Crippen molar-refractivity contribution in [1.29, 1.82) is 0 Å². The largest absolute Gasteiger partial charge is 0.322 e. The molecule has 2 aromatic rings. The first-order valence-electron chi connectivity index (χ1n) is 6.11. The number of hydrogen-bond donors (Lipinski definition) is 1. The van der Waals surface area contributed by atoms with Gasteiger partial charge in [-0.05, 0) is 31.5 Å². The van der Waals surface area contributed by atoms with Crippen LogP contribution in [0.1, 0.15) is 21.5 Å². The van der Waals surface area contributed by atoms with Crippen LogP contribution in [0.2, 0.25) is 0 Å². The average molecular weight is 270 g/mol. The zero-order valence-electron chi connectivity index (χ0n) is 11.2. The van der Waals surface area contributed by atoms with Crippen LogP contribution in [-0.4, -0.2) is 10.8 Å². The Bertz CT molecular complexity index is 681. The topological polar surface area (TPSA) is 72.2 Å². The molecule has 0 bridgehead atoms. The summed E-state index contributed by atoms with van der Waals surface area (Å²) in [7, 11) is 0. The maximum Gasteiger partial charge on any atom is 0.273 e. The second-order valence-corrected chi connectivity index (χ2v) is 4.48. The fourth-order valence-electron chi connectivity index (χ4n) is 1.97. The molecule has 102 valence electrons. The number of nitro groups is 1. The maximum absolute atomic E-state index is 12.2. The summed E-state index contributed by atoms with van der Waals surface area (Å²) in [4.78, 5) is 22.6. The Labute approximate surface area is 116 Å². The molecule has 0 aliphatic carbocycles. The predicted octanol–water partition coefficient (Wildman–Crippen LogP) is 3.46. The van der Waals surface area contributed by atoms with E-state index in [0.717, 1.165) is 5.56 Å². The van der Waals surface area contributed by atoms with E-state index in [1.807, 2.05) is 25.1 Å². The molecule has 0 radical (unpaired) electrons. The molecule has 0 unspecified atom stereocenters. The summed E-state index contributed by atoms with van der Waals surface area (Å²) in [5, 5.41) is 13.7. The molecule has 0 aliphatic heterocycles. The zero-order valence-corrected chi connectivity index (χ0v) is 11.2. The first-order chi connectivity index (χ1) is 9.50. The van der Waals surface area contributed by atoms with Crippen LogP contribution in [0.5, 0.6) is 0 Å². The summed E-state index contributed by atoms with van der Waals surface area (Å²) in [6.07, 6.45) is 0. The Morgan fingerprint density at radius 2 is 1.80 bits per heavy atom. The van der Waals surface area contributed by atoms with Crippen molar-refractivity contribution in [2.75, 3.05) is 5.32 Å². The molecular formula is C15H14N2O3. The Balaban J connectivity index is 2.33. The van der Waals surface area contributed by atoms with E-state index in [9.17, 15) is 14.9 Å². The van der Waals surface area contributed by atoms with Crippen molar-refractivity contribution in [3.63, 3.8) is 0 Å². The number of nitro benzene ring substituents is 1. The number of nitrogens with one attached hydrogen (secondary N) is 1. The van der Waals surface area contributed by atoms with Crippen LogP contribution in [0.25, 0.3) is 0 Å². The number of para-hydroxylation sites is 1. The van der Waals surface area contributed by atoms with Crippen molar-refractivity contribution in [3.8, 4) is 0 Å². The molecule has 2 rings (SSSR count). The lowest BCUT2D eigenvalue weighted by molar-refractivity contribution is -0.385. The van der Waals surface area contributed by atoms with E-state index in [-0.39, 0.29) is 11.6 Å². The zero-order chi connectivity index (χ0) is 14.7. The van der Waals surface area contributed by atoms with Crippen LogP contribution >= 0.6 is 0 Å². The highest BCUT2D eigenvalue weighted by Gasteiger charge is 2.18. The van der Waals surface area contributed by atoms with Crippen LogP contribution in [0.15, 0.2) is 42.5 Å². The van der Waals surface area contributed by atoms with Gasteiger partial charge in [-0.25, -0.2) is 0 Å². The van der Waals surface area contributed by atoms with Crippen molar-refractivity contribution in [1.82, 2.24) is 0 Å². The van der Waals surface area contributed by atoms with Crippen molar-refractivity contribution in [3.05, 3.63) is 69.3 Å². The smallest absolute Gasteiger partial charge is 0.273 e. The molecule has 0 spiro atoms. The number of carbonyl (C=O) groups excluding carboxylic acids is 1. The normalized spacial score (nSPS) is 10.1. The third kappa shape index (κ3) is 2.66. The quantitative estimate of drug-likeness (QED) is 0.685. The minimum atomic E-state index is -0.486. The standard InChI is InChI=1S/C15H14N2O3/c1-10-6-3-4-8-13(10)16-15(18)12-7-5-9-14(11(12)2)17(19)20/h3-9H,1-2H3,(H,16,18). The SMILES string of the molecule is Cc1ccccc1NC(=O)c1cccc([N+](=O)[O-])c1C. The first kappa shape index (κ1) is 13.7. The highest BCUT2D eigenvalue weighted by Crippen LogP contribution is 2.22. The molecule has 0 atom stereocenters. The number of benzene rings is 2. The summed E-state index contributed by atoms with van der Waals surface area (Å²) in [5.41, 5.74) is 2.25. The number of nitrogens with zero attached hydrogens (tertiary/aromatic N) is 1. The Kier molecular flexibility index (Phi) is 3.79. The van der Waals surface area contributed by atoms with Gasteiger partial charge in [0.1, 0.15) is 0 Å². The van der Waals surface area contributed by atoms with Crippen LogP contribution in [0, 0.1) is 24.0 Å². The fourth-order valence-corrected chi connectivity index (χ4v) is 1.97. The Hall–Kier alpha value is -2.69. The van der Waals surface area contributed by atoms with Crippen LogP contribution in [0.3, 0.4) is 0 Å². The Morgan fingerprint density at radius 3 is 2.45 bits per heavy atom. The molecule has 2 aromatic carbocycles. The summed E-state index contributed by atoms with van der Waals surface area (Å²) >= 11 is 0. The minimum absolute atomic E-state index is 0.0533. The lowest BCUT2D eigenvalue weighted by atomic mass is 10.1. The van der Waals surface area contributed by atoms with Gasteiger partial charge in [-0.2, -0.15) is 0 Å². The second-order valence-electron chi connectivity index (χ2n) is 4.48. The molecule has 20 heavy (non-hydrogen) atoms. The molecule has 5 heteroatoms. The third-order valence-corrected chi connectivity index (χ3v) is 3.14. The lowest BCUT2D eigenvalue weighted by Gasteiger charge is -2.09. The third-order valence-electron chi connectivity index (χ3n) is 3.14. The number of aryl methyl sites for hydroxylation is 1. The maximum atomic E-state index is 12.2. The number of amides is 1. The number of rotatable bonds is 3. The van der Waals surface area contributed by atoms with Gasteiger partial charge in [-0.15, -0.1) is 0 Å². The van der Waals surface area contributed by atoms with E-state index in [1.165, 1.54) is 12.1 Å². The monoisotopic (exact) mass is 270 g/mol. The van der Waals surface area contributed by atoms with Gasteiger partial charge < -0.3 is 5.32 Å². The Morgan fingerprint density at radius 1 is 1.10 bits per heavy atom. The lowest BCUT2D eigenvalue weighted by Crippen LogP contribution is -2.14. The van der Waals surface area contributed by atoms with Crippen molar-refractivity contribution in [2.45, 2.75) is 13.8 Å². The molecule has 0 saturated heterocycles. The molecule has 0 aromatic heterocycles. The van der Waals surface area contributed by atoms with Crippen LogP contribution in [0.4, 0.5) is 11.4 Å². The van der Waals surface area contributed by atoms with Gasteiger partial charge in [-0.3, -0.25) is 14.9 Å². The second kappa shape index (κ2) is 5.52. The van der Waals surface area contributed by atoms with Crippen LogP contribution < -0.4 is 5.32 Å². The molecule has 0 saturated carbocycles. The van der Waals surface area contributed by atoms with Crippen molar-refractivity contribution in [2.24, 2.45) is 0 Å². The highest BCUT2D eigenvalue weighted by atomic mass is 16.6. The average Bonchev–Trinajstić information content (AvgIpc) is 2.41.